The molecule has 0 aromatic heterocycles. The summed E-state index contributed by atoms with van der Waals surface area (Å²) < 4.78 is 11.4. The lowest BCUT2D eigenvalue weighted by atomic mass is 9.62. The van der Waals surface area contributed by atoms with E-state index >= 15 is 0 Å². The molecule has 0 bridgehead atoms. The van der Waals surface area contributed by atoms with E-state index < -0.39 is 5.54 Å². The number of fused-ring (bicyclic) bond motifs is 3. The molecule has 5 nitrogen and oxygen atoms in total. The number of halogens is 1. The lowest BCUT2D eigenvalue weighted by Crippen LogP contribution is -2.46. The van der Waals surface area contributed by atoms with Crippen molar-refractivity contribution in [3.8, 4) is 17.2 Å². The highest BCUT2D eigenvalue weighted by Crippen LogP contribution is 2.61. The number of hydrogen-bond acceptors (Lipinski definition) is 5. The van der Waals surface area contributed by atoms with E-state index in [0.717, 1.165) is 43.2 Å². The molecule has 6 heteroatoms. The number of aliphatic imine (C=N–C) groups is 1. The summed E-state index contributed by atoms with van der Waals surface area (Å²) in [5.41, 5.74) is 10.6. The maximum Gasteiger partial charge on any atom is 0.283 e. The Kier molecular flexibility index (Phi) is 4.53. The van der Waals surface area contributed by atoms with Crippen LogP contribution in [0.2, 0.25) is 5.02 Å². The van der Waals surface area contributed by atoms with Crippen molar-refractivity contribution in [1.29, 1.82) is 5.26 Å². The molecule has 5 rings (SSSR count). The fraction of sp³-hybridized carbons (Fsp3) is 0.417. The fourth-order valence-corrected chi connectivity index (χ4v) is 5.96. The van der Waals surface area contributed by atoms with Gasteiger partial charge in [0.05, 0.1) is 17.7 Å². The number of ether oxygens (including phenoxy) is 2. The second-order valence-electron chi connectivity index (χ2n) is 8.70. The number of nitrogens with two attached hydrogens (primary N) is 1. The van der Waals surface area contributed by atoms with Gasteiger partial charge in [-0.1, -0.05) is 23.7 Å². The van der Waals surface area contributed by atoms with Crippen molar-refractivity contribution in [2.24, 2.45) is 16.1 Å². The third-order valence-electron chi connectivity index (χ3n) is 7.27. The second kappa shape index (κ2) is 7.01. The predicted molar refractivity (Wildman–Crippen MR) is 116 cm³/mol. The molecule has 2 aliphatic carbocycles. The summed E-state index contributed by atoms with van der Waals surface area (Å²) in [6, 6.07) is 14.4. The van der Waals surface area contributed by atoms with Crippen LogP contribution in [0, 0.1) is 16.7 Å². The van der Waals surface area contributed by atoms with E-state index in [9.17, 15) is 5.26 Å². The van der Waals surface area contributed by atoms with Crippen LogP contribution in [0.5, 0.6) is 0 Å². The van der Waals surface area contributed by atoms with Gasteiger partial charge in [0.25, 0.3) is 6.02 Å². The highest BCUT2D eigenvalue weighted by atomic mass is 35.5. The van der Waals surface area contributed by atoms with E-state index in [1.807, 2.05) is 12.1 Å². The van der Waals surface area contributed by atoms with Gasteiger partial charge in [-0.15, -0.1) is 0 Å². The zero-order valence-electron chi connectivity index (χ0n) is 17.0. The molecule has 0 amide bonds. The molecule has 30 heavy (non-hydrogen) atoms. The summed E-state index contributed by atoms with van der Waals surface area (Å²) in [4.78, 5) is 4.93. The number of benzene rings is 2. The Bertz CT molecular complexity index is 1080. The highest BCUT2D eigenvalue weighted by Gasteiger charge is 2.61. The molecule has 154 valence electrons. The van der Waals surface area contributed by atoms with E-state index in [2.05, 4.69) is 24.3 Å². The standard InChI is InChI=1S/C24H24ClN3O2/c1-29-20-4-6-23(7-5-20)12-17-3-2-16(18-8-15(13-26)9-19(25)10-18)11-21(17)24(23)14-30-22(27)28-24/h2-3,8-11,20H,4-7,12,14H2,1H3,(H2,27,28)/t20?,23?,24-/m0/s1. The second-order valence-corrected chi connectivity index (χ2v) is 9.14. The Morgan fingerprint density at radius 2 is 2.00 bits per heavy atom. The molecule has 2 spiro atoms. The first-order chi connectivity index (χ1) is 14.5. The van der Waals surface area contributed by atoms with Gasteiger partial charge in [-0.3, -0.25) is 0 Å². The maximum absolute atomic E-state index is 9.33. The predicted octanol–water partition coefficient (Wildman–Crippen LogP) is 4.55. The van der Waals surface area contributed by atoms with Gasteiger partial charge in [-0.05, 0) is 78.6 Å². The van der Waals surface area contributed by atoms with Crippen LogP contribution in [0.3, 0.4) is 0 Å². The van der Waals surface area contributed by atoms with E-state index in [4.69, 9.17) is 31.8 Å². The lowest BCUT2D eigenvalue weighted by Gasteiger charge is -2.45. The zero-order chi connectivity index (χ0) is 20.9. The van der Waals surface area contributed by atoms with Gasteiger partial charge in [-0.2, -0.15) is 5.26 Å². The van der Waals surface area contributed by atoms with E-state index in [1.54, 1.807) is 13.2 Å². The zero-order valence-corrected chi connectivity index (χ0v) is 17.7. The normalized spacial score (nSPS) is 29.5. The molecule has 3 aliphatic rings. The average Bonchev–Trinajstić information content (AvgIpc) is 3.27. The van der Waals surface area contributed by atoms with Crippen LogP contribution < -0.4 is 5.73 Å². The van der Waals surface area contributed by atoms with Crippen LogP contribution in [-0.4, -0.2) is 25.8 Å². The van der Waals surface area contributed by atoms with Crippen molar-refractivity contribution in [2.75, 3.05) is 13.7 Å². The molecular weight excluding hydrogens is 398 g/mol. The Morgan fingerprint density at radius 1 is 1.20 bits per heavy atom. The van der Waals surface area contributed by atoms with Crippen molar-refractivity contribution in [2.45, 2.75) is 43.7 Å². The van der Waals surface area contributed by atoms with Crippen molar-refractivity contribution < 1.29 is 9.47 Å². The minimum Gasteiger partial charge on any atom is -0.462 e. The van der Waals surface area contributed by atoms with E-state index in [1.165, 1.54) is 11.1 Å². The Labute approximate surface area is 181 Å². The van der Waals surface area contributed by atoms with Gasteiger partial charge in [-0.25, -0.2) is 4.99 Å². The highest BCUT2D eigenvalue weighted by molar-refractivity contribution is 6.31. The van der Waals surface area contributed by atoms with E-state index in [-0.39, 0.29) is 11.4 Å². The monoisotopic (exact) mass is 421 g/mol. The molecule has 0 radical (unpaired) electrons. The first-order valence-electron chi connectivity index (χ1n) is 10.3. The molecule has 1 atom stereocenters. The Balaban J connectivity index is 1.62. The van der Waals surface area contributed by atoms with Gasteiger partial charge in [0, 0.05) is 17.5 Å². The first kappa shape index (κ1) is 19.4. The third-order valence-corrected chi connectivity index (χ3v) is 7.49. The Morgan fingerprint density at radius 3 is 2.67 bits per heavy atom. The molecule has 2 aromatic carbocycles. The number of rotatable bonds is 2. The first-order valence-corrected chi connectivity index (χ1v) is 10.7. The van der Waals surface area contributed by atoms with Crippen molar-refractivity contribution in [3.05, 3.63) is 58.1 Å². The quantitative estimate of drug-likeness (QED) is 0.771. The molecule has 2 aromatic rings. The molecule has 0 unspecified atom stereocenters. The number of methoxy groups -OCH3 is 1. The van der Waals surface area contributed by atoms with Gasteiger partial charge < -0.3 is 15.2 Å². The Hall–Kier alpha value is -2.55. The van der Waals surface area contributed by atoms with Crippen molar-refractivity contribution in [1.82, 2.24) is 0 Å². The van der Waals surface area contributed by atoms with Crippen LogP contribution in [0.1, 0.15) is 42.4 Å². The van der Waals surface area contributed by atoms with Crippen LogP contribution in [-0.2, 0) is 21.4 Å². The molecule has 1 saturated carbocycles. The van der Waals surface area contributed by atoms with Crippen LogP contribution in [0.15, 0.2) is 41.4 Å². The van der Waals surface area contributed by atoms with Gasteiger partial charge >= 0.3 is 0 Å². The van der Waals surface area contributed by atoms with Gasteiger partial charge in [0.15, 0.2) is 0 Å². The van der Waals surface area contributed by atoms with Crippen LogP contribution in [0.25, 0.3) is 11.1 Å². The summed E-state index contributed by atoms with van der Waals surface area (Å²) in [6.45, 7) is 0.478. The molecule has 1 aliphatic heterocycles. The van der Waals surface area contributed by atoms with Crippen LogP contribution >= 0.6 is 11.6 Å². The van der Waals surface area contributed by atoms with Crippen LogP contribution in [0.4, 0.5) is 0 Å². The fourth-order valence-electron chi connectivity index (χ4n) is 5.72. The van der Waals surface area contributed by atoms with Crippen molar-refractivity contribution >= 4 is 17.6 Å². The van der Waals surface area contributed by atoms with Gasteiger partial charge in [0.1, 0.15) is 12.1 Å². The number of amidine groups is 1. The number of nitrogens with zero attached hydrogens (tertiary/aromatic N) is 2. The SMILES string of the molecule is COC1CCC2(CC1)Cc1ccc(-c3cc(Cl)cc(C#N)c3)cc1[C@@]21COC(N)=N1. The molecule has 2 N–H and O–H groups in total. The summed E-state index contributed by atoms with van der Waals surface area (Å²) in [6.07, 6.45) is 5.39. The third kappa shape index (κ3) is 2.82. The minimum absolute atomic E-state index is 0.00372. The molecule has 0 saturated heterocycles. The van der Waals surface area contributed by atoms with Gasteiger partial charge in [0.2, 0.25) is 0 Å². The number of nitriles is 1. The summed E-state index contributed by atoms with van der Waals surface area (Å²) in [5.74, 6) is 0. The molecule has 1 heterocycles. The molecule has 1 fully saturated rings. The van der Waals surface area contributed by atoms with Crippen molar-refractivity contribution in [3.63, 3.8) is 0 Å². The summed E-state index contributed by atoms with van der Waals surface area (Å²) >= 11 is 6.26. The lowest BCUT2D eigenvalue weighted by molar-refractivity contribution is -0.00983. The average molecular weight is 422 g/mol. The smallest absolute Gasteiger partial charge is 0.283 e. The maximum atomic E-state index is 9.33. The number of hydrogen-bond donors (Lipinski definition) is 1. The minimum atomic E-state index is -0.461. The molecular formula is C24H24ClN3O2. The summed E-state index contributed by atoms with van der Waals surface area (Å²) in [5, 5.41) is 9.88. The van der Waals surface area contributed by atoms with E-state index in [0.29, 0.717) is 23.3 Å². The largest absolute Gasteiger partial charge is 0.462 e. The summed E-state index contributed by atoms with van der Waals surface area (Å²) in [7, 11) is 1.80. The topological polar surface area (TPSA) is 80.6 Å².